The van der Waals surface area contributed by atoms with Crippen LogP contribution in [0.2, 0.25) is 0 Å². The van der Waals surface area contributed by atoms with Crippen LogP contribution in [0.5, 0.6) is 11.5 Å². The minimum atomic E-state index is -3.98. The molecule has 0 N–H and O–H groups in total. The van der Waals surface area contributed by atoms with Gasteiger partial charge in [-0.1, -0.05) is 35.4 Å². The molecule has 0 aliphatic rings. The molecular formula is C22H23NO4S. The fourth-order valence-electron chi connectivity index (χ4n) is 2.87. The van der Waals surface area contributed by atoms with Crippen molar-refractivity contribution in [2.24, 2.45) is 0 Å². The molecule has 3 aromatic carbocycles. The summed E-state index contributed by atoms with van der Waals surface area (Å²) >= 11 is 0. The van der Waals surface area contributed by atoms with Gasteiger partial charge in [-0.3, -0.25) is 0 Å². The molecule has 0 bridgehead atoms. The average Bonchev–Trinajstić information content (AvgIpc) is 2.70. The van der Waals surface area contributed by atoms with Crippen molar-refractivity contribution in [3.05, 3.63) is 77.9 Å². The van der Waals surface area contributed by atoms with Crippen molar-refractivity contribution in [1.82, 2.24) is 0 Å². The number of rotatable bonds is 6. The van der Waals surface area contributed by atoms with Crippen LogP contribution < -0.4 is 13.8 Å². The second kappa shape index (κ2) is 7.94. The minimum Gasteiger partial charge on any atom is -0.497 e. The first kappa shape index (κ1) is 19.8. The van der Waals surface area contributed by atoms with Gasteiger partial charge >= 0.3 is 0 Å². The number of aryl methyl sites for hydroxylation is 2. The van der Waals surface area contributed by atoms with Crippen LogP contribution in [0.15, 0.2) is 71.6 Å². The molecule has 3 aromatic rings. The molecule has 0 aliphatic carbocycles. The summed E-state index contributed by atoms with van der Waals surface area (Å²) in [6.07, 6.45) is 0. The van der Waals surface area contributed by atoms with Crippen molar-refractivity contribution in [3.63, 3.8) is 0 Å². The summed E-state index contributed by atoms with van der Waals surface area (Å²) < 4.78 is 39.4. The van der Waals surface area contributed by atoms with Crippen molar-refractivity contribution in [3.8, 4) is 11.5 Å². The highest BCUT2D eigenvalue weighted by Crippen LogP contribution is 2.37. The van der Waals surface area contributed by atoms with E-state index in [2.05, 4.69) is 0 Å². The molecule has 0 atom stereocenters. The molecule has 6 heteroatoms. The van der Waals surface area contributed by atoms with Crippen molar-refractivity contribution >= 4 is 21.4 Å². The van der Waals surface area contributed by atoms with Crippen LogP contribution in [0, 0.1) is 13.8 Å². The summed E-state index contributed by atoms with van der Waals surface area (Å²) in [5, 5.41) is 0. The molecule has 0 saturated heterocycles. The fraction of sp³-hybridized carbons (Fsp3) is 0.182. The Balaban J connectivity index is 2.25. The molecule has 0 saturated carbocycles. The van der Waals surface area contributed by atoms with Gasteiger partial charge in [0.05, 0.1) is 25.6 Å². The van der Waals surface area contributed by atoms with E-state index >= 15 is 0 Å². The molecule has 0 spiro atoms. The number of benzene rings is 3. The Bertz CT molecular complexity index is 1010. The molecule has 0 amide bonds. The minimum absolute atomic E-state index is 0.0375. The molecule has 0 unspecified atom stereocenters. The van der Waals surface area contributed by atoms with E-state index in [-0.39, 0.29) is 10.6 Å². The fourth-order valence-corrected chi connectivity index (χ4v) is 4.54. The van der Waals surface area contributed by atoms with Crippen LogP contribution in [0.25, 0.3) is 0 Å². The lowest BCUT2D eigenvalue weighted by atomic mass is 10.2. The van der Waals surface area contributed by atoms with Crippen LogP contribution in [-0.2, 0) is 10.0 Å². The summed E-state index contributed by atoms with van der Waals surface area (Å²) in [6.45, 7) is 3.92. The zero-order valence-corrected chi connectivity index (χ0v) is 17.2. The highest BCUT2D eigenvalue weighted by atomic mass is 32.2. The van der Waals surface area contributed by atoms with Gasteiger partial charge in [-0.2, -0.15) is 0 Å². The molecule has 0 radical (unpaired) electrons. The van der Waals surface area contributed by atoms with Gasteiger partial charge in [0.25, 0.3) is 10.0 Å². The zero-order valence-electron chi connectivity index (χ0n) is 16.3. The maximum atomic E-state index is 13.7. The van der Waals surface area contributed by atoms with Gasteiger partial charge in [0.2, 0.25) is 0 Å². The van der Waals surface area contributed by atoms with Gasteiger partial charge in [-0.25, -0.2) is 12.7 Å². The molecular weight excluding hydrogens is 374 g/mol. The van der Waals surface area contributed by atoms with Crippen molar-refractivity contribution in [2.45, 2.75) is 18.7 Å². The monoisotopic (exact) mass is 397 g/mol. The predicted octanol–water partition coefficient (Wildman–Crippen LogP) is 4.85. The van der Waals surface area contributed by atoms with E-state index in [1.54, 1.807) is 36.4 Å². The summed E-state index contributed by atoms with van der Waals surface area (Å²) in [5.74, 6) is 0.692. The van der Waals surface area contributed by atoms with E-state index in [9.17, 15) is 8.42 Å². The van der Waals surface area contributed by atoms with Crippen LogP contribution in [-0.4, -0.2) is 22.6 Å². The quantitative estimate of drug-likeness (QED) is 0.597. The first-order valence-corrected chi connectivity index (χ1v) is 10.2. The number of hydrogen-bond donors (Lipinski definition) is 0. The lowest BCUT2D eigenvalue weighted by Crippen LogP contribution is -2.26. The highest BCUT2D eigenvalue weighted by Gasteiger charge is 2.30. The van der Waals surface area contributed by atoms with Crippen LogP contribution in [0.3, 0.4) is 0 Å². The van der Waals surface area contributed by atoms with Crippen molar-refractivity contribution < 1.29 is 17.9 Å². The SMILES string of the molecule is COc1ccc(OC)c(S(=O)(=O)N(c2ccc(C)cc2)c2ccc(C)cc2)c1. The Hall–Kier alpha value is -2.99. The number of anilines is 2. The van der Waals surface area contributed by atoms with E-state index in [4.69, 9.17) is 9.47 Å². The molecule has 0 fully saturated rings. The van der Waals surface area contributed by atoms with Gasteiger partial charge in [0.15, 0.2) is 0 Å². The van der Waals surface area contributed by atoms with Crippen molar-refractivity contribution in [1.29, 1.82) is 0 Å². The first-order chi connectivity index (χ1) is 13.4. The van der Waals surface area contributed by atoms with Gasteiger partial charge < -0.3 is 9.47 Å². The number of methoxy groups -OCH3 is 2. The zero-order chi connectivity index (χ0) is 20.3. The maximum Gasteiger partial charge on any atom is 0.272 e. The summed E-state index contributed by atoms with van der Waals surface area (Å²) in [4.78, 5) is 0.0375. The largest absolute Gasteiger partial charge is 0.497 e. The molecule has 3 rings (SSSR count). The number of ether oxygens (including phenoxy) is 2. The third kappa shape index (κ3) is 3.82. The molecule has 28 heavy (non-hydrogen) atoms. The topological polar surface area (TPSA) is 55.8 Å². The Morgan fingerprint density at radius 3 is 1.64 bits per heavy atom. The molecule has 146 valence electrons. The molecule has 5 nitrogen and oxygen atoms in total. The Labute approximate surface area is 166 Å². The highest BCUT2D eigenvalue weighted by molar-refractivity contribution is 7.93. The third-order valence-corrected chi connectivity index (χ3v) is 6.20. The molecule has 0 aliphatic heterocycles. The number of sulfonamides is 1. The van der Waals surface area contributed by atoms with E-state index in [0.29, 0.717) is 17.1 Å². The Morgan fingerprint density at radius 1 is 0.714 bits per heavy atom. The van der Waals surface area contributed by atoms with E-state index in [1.165, 1.54) is 24.6 Å². The lowest BCUT2D eigenvalue weighted by Gasteiger charge is -2.26. The van der Waals surface area contributed by atoms with Crippen LogP contribution >= 0.6 is 0 Å². The first-order valence-electron chi connectivity index (χ1n) is 8.77. The second-order valence-corrected chi connectivity index (χ2v) is 8.21. The summed E-state index contributed by atoms with van der Waals surface area (Å²) in [5.41, 5.74) is 3.17. The normalized spacial score (nSPS) is 11.1. The number of nitrogens with zero attached hydrogens (tertiary/aromatic N) is 1. The van der Waals surface area contributed by atoms with Gasteiger partial charge in [0, 0.05) is 6.07 Å². The third-order valence-electron chi connectivity index (χ3n) is 4.43. The molecule has 0 heterocycles. The van der Waals surface area contributed by atoms with Crippen molar-refractivity contribution in [2.75, 3.05) is 18.5 Å². The summed E-state index contributed by atoms with van der Waals surface area (Å²) in [7, 11) is -1.04. The average molecular weight is 397 g/mol. The lowest BCUT2D eigenvalue weighted by molar-refractivity contribution is 0.392. The van der Waals surface area contributed by atoms with E-state index in [1.807, 2.05) is 38.1 Å². The standard InChI is InChI=1S/C22H23NO4S/c1-16-5-9-18(10-6-16)23(19-11-7-17(2)8-12-19)28(24,25)22-15-20(26-3)13-14-21(22)27-4/h5-15H,1-4H3. The van der Waals surface area contributed by atoms with Gasteiger partial charge in [-0.15, -0.1) is 0 Å². The predicted molar refractivity (Wildman–Crippen MR) is 111 cm³/mol. The van der Waals surface area contributed by atoms with Gasteiger partial charge in [0.1, 0.15) is 16.4 Å². The second-order valence-electron chi connectivity index (χ2n) is 6.46. The van der Waals surface area contributed by atoms with Crippen LogP contribution in [0.1, 0.15) is 11.1 Å². The summed E-state index contributed by atoms with van der Waals surface area (Å²) in [6, 6.07) is 19.4. The van der Waals surface area contributed by atoms with Crippen LogP contribution in [0.4, 0.5) is 11.4 Å². The Kier molecular flexibility index (Phi) is 5.61. The Morgan fingerprint density at radius 2 is 1.21 bits per heavy atom. The molecule has 0 aromatic heterocycles. The maximum absolute atomic E-state index is 13.7. The number of hydrogen-bond acceptors (Lipinski definition) is 4. The van der Waals surface area contributed by atoms with E-state index < -0.39 is 10.0 Å². The smallest absolute Gasteiger partial charge is 0.272 e. The van der Waals surface area contributed by atoms with Gasteiger partial charge in [-0.05, 0) is 50.2 Å². The van der Waals surface area contributed by atoms with E-state index in [0.717, 1.165) is 11.1 Å².